The van der Waals surface area contributed by atoms with E-state index in [-0.39, 0.29) is 17.5 Å². The Morgan fingerprint density at radius 3 is 2.55 bits per heavy atom. The van der Waals surface area contributed by atoms with Crippen molar-refractivity contribution in [2.75, 3.05) is 0 Å². The van der Waals surface area contributed by atoms with E-state index in [1.54, 1.807) is 0 Å². The van der Waals surface area contributed by atoms with Crippen molar-refractivity contribution in [3.8, 4) is 0 Å². The van der Waals surface area contributed by atoms with Crippen LogP contribution in [-0.2, 0) is 11.2 Å². The Morgan fingerprint density at radius 1 is 1.10 bits per heavy atom. The number of nitrogens with one attached hydrogen (secondary N) is 1. The Kier molecular flexibility index (Phi) is 5.89. The van der Waals surface area contributed by atoms with E-state index in [2.05, 4.69) is 22.4 Å². The highest BCUT2D eigenvalue weighted by Gasteiger charge is 2.25. The second-order valence-corrected chi connectivity index (χ2v) is 8.09. The van der Waals surface area contributed by atoms with E-state index in [1.165, 1.54) is 11.6 Å². The van der Waals surface area contributed by atoms with Crippen LogP contribution in [0.1, 0.15) is 44.0 Å². The molecule has 4 aromatic rings. The Labute approximate surface area is 181 Å². The summed E-state index contributed by atoms with van der Waals surface area (Å²) < 4.78 is 3.88. The number of hydrogen-bond donors (Lipinski definition) is 1. The van der Waals surface area contributed by atoms with E-state index in [0.717, 1.165) is 29.4 Å². The van der Waals surface area contributed by atoms with Crippen LogP contribution in [0.25, 0.3) is 16.6 Å². The van der Waals surface area contributed by atoms with Crippen molar-refractivity contribution in [2.45, 2.75) is 52.1 Å². The van der Waals surface area contributed by atoms with Crippen LogP contribution in [0.2, 0.25) is 0 Å². The van der Waals surface area contributed by atoms with Crippen molar-refractivity contribution in [3.63, 3.8) is 0 Å². The second kappa shape index (κ2) is 8.76. The highest BCUT2D eigenvalue weighted by atomic mass is 16.2. The third-order valence-corrected chi connectivity index (χ3v) is 5.77. The Balaban J connectivity index is 1.65. The van der Waals surface area contributed by atoms with Crippen molar-refractivity contribution in [3.05, 3.63) is 82.3 Å². The first-order valence-corrected chi connectivity index (χ1v) is 10.8. The van der Waals surface area contributed by atoms with Gasteiger partial charge in [-0.1, -0.05) is 49.4 Å². The van der Waals surface area contributed by atoms with Gasteiger partial charge in [-0.25, -0.2) is 4.52 Å². The molecule has 2 aromatic carbocycles. The molecular formula is C25H28N4O2. The molecule has 6 nitrogen and oxygen atoms in total. The third-order valence-electron chi connectivity index (χ3n) is 5.77. The van der Waals surface area contributed by atoms with Gasteiger partial charge in [0.1, 0.15) is 6.04 Å². The first-order valence-electron chi connectivity index (χ1n) is 10.8. The minimum atomic E-state index is -0.412. The number of carbonyl (C=O) groups is 1. The van der Waals surface area contributed by atoms with Crippen molar-refractivity contribution in [2.24, 2.45) is 0 Å². The van der Waals surface area contributed by atoms with Gasteiger partial charge in [-0.15, -0.1) is 0 Å². The fourth-order valence-electron chi connectivity index (χ4n) is 4.22. The molecule has 0 saturated carbocycles. The molecule has 6 heteroatoms. The van der Waals surface area contributed by atoms with Crippen LogP contribution in [0.4, 0.5) is 0 Å². The number of hydrogen-bond acceptors (Lipinski definition) is 3. The van der Waals surface area contributed by atoms with Crippen molar-refractivity contribution < 1.29 is 4.79 Å². The SMILES string of the molecule is CCC(C(=O)NC(C)CCc1ccccc1)n1c2ccccc2c2nc(=O)cc(C)n21. The predicted molar refractivity (Wildman–Crippen MR) is 123 cm³/mol. The summed E-state index contributed by atoms with van der Waals surface area (Å²) in [5.41, 5.74) is 3.23. The number of aromatic nitrogens is 3. The molecule has 2 atom stereocenters. The van der Waals surface area contributed by atoms with Crippen molar-refractivity contribution >= 4 is 22.5 Å². The van der Waals surface area contributed by atoms with Gasteiger partial charge in [-0.3, -0.25) is 14.3 Å². The van der Waals surface area contributed by atoms with Gasteiger partial charge in [0.25, 0.3) is 5.56 Å². The molecule has 0 aliphatic rings. The van der Waals surface area contributed by atoms with E-state index >= 15 is 0 Å². The van der Waals surface area contributed by atoms with Crippen LogP contribution in [0, 0.1) is 6.92 Å². The summed E-state index contributed by atoms with van der Waals surface area (Å²) in [5, 5.41) is 4.06. The normalized spacial score (nSPS) is 13.4. The molecule has 1 N–H and O–H groups in total. The molecule has 2 aromatic heterocycles. The molecule has 160 valence electrons. The number of rotatable bonds is 7. The summed E-state index contributed by atoms with van der Waals surface area (Å²) in [6.07, 6.45) is 2.40. The van der Waals surface area contributed by atoms with Gasteiger partial charge in [-0.2, -0.15) is 4.98 Å². The lowest BCUT2D eigenvalue weighted by Gasteiger charge is -2.23. The van der Waals surface area contributed by atoms with E-state index < -0.39 is 6.04 Å². The maximum atomic E-state index is 13.3. The number of carbonyl (C=O) groups excluding carboxylic acids is 1. The van der Waals surface area contributed by atoms with E-state index in [1.807, 2.05) is 72.4 Å². The van der Waals surface area contributed by atoms with Crippen LogP contribution in [-0.4, -0.2) is 26.1 Å². The molecule has 4 rings (SSSR count). The van der Waals surface area contributed by atoms with Gasteiger partial charge in [-0.05, 0) is 50.8 Å². The fourth-order valence-corrected chi connectivity index (χ4v) is 4.22. The molecule has 0 fully saturated rings. The van der Waals surface area contributed by atoms with E-state index in [9.17, 15) is 9.59 Å². The number of benzene rings is 2. The molecule has 0 saturated heterocycles. The summed E-state index contributed by atoms with van der Waals surface area (Å²) in [6, 6.07) is 19.2. The van der Waals surface area contributed by atoms with E-state index in [0.29, 0.717) is 12.1 Å². The van der Waals surface area contributed by atoms with E-state index in [4.69, 9.17) is 0 Å². The topological polar surface area (TPSA) is 68.4 Å². The number of para-hydroxylation sites is 1. The molecule has 0 radical (unpaired) electrons. The fraction of sp³-hybridized carbons (Fsp3) is 0.320. The van der Waals surface area contributed by atoms with Gasteiger partial charge in [0.2, 0.25) is 5.91 Å². The van der Waals surface area contributed by atoms with Crippen LogP contribution in [0.5, 0.6) is 0 Å². The lowest BCUT2D eigenvalue weighted by atomic mass is 10.1. The predicted octanol–water partition coefficient (Wildman–Crippen LogP) is 4.05. The number of nitrogens with zero attached hydrogens (tertiary/aromatic N) is 3. The zero-order valence-corrected chi connectivity index (χ0v) is 18.2. The minimum Gasteiger partial charge on any atom is -0.352 e. The largest absolute Gasteiger partial charge is 0.352 e. The third kappa shape index (κ3) is 4.10. The number of aryl methyl sites for hydroxylation is 2. The minimum absolute atomic E-state index is 0.0242. The quantitative estimate of drug-likeness (QED) is 0.494. The first-order chi connectivity index (χ1) is 15.0. The van der Waals surface area contributed by atoms with Crippen LogP contribution >= 0.6 is 0 Å². The highest BCUT2D eigenvalue weighted by Crippen LogP contribution is 2.26. The molecule has 31 heavy (non-hydrogen) atoms. The van der Waals surface area contributed by atoms with Crippen LogP contribution < -0.4 is 10.9 Å². The maximum Gasteiger partial charge on any atom is 0.273 e. The summed E-state index contributed by atoms with van der Waals surface area (Å²) in [7, 11) is 0. The monoisotopic (exact) mass is 416 g/mol. The summed E-state index contributed by atoms with van der Waals surface area (Å²) in [6.45, 7) is 5.92. The summed E-state index contributed by atoms with van der Waals surface area (Å²) in [5.74, 6) is -0.0242. The zero-order valence-electron chi connectivity index (χ0n) is 18.2. The number of amides is 1. The molecule has 2 heterocycles. The van der Waals surface area contributed by atoms with Crippen molar-refractivity contribution in [1.82, 2.24) is 19.5 Å². The van der Waals surface area contributed by atoms with Gasteiger partial charge in [0.15, 0.2) is 5.65 Å². The van der Waals surface area contributed by atoms with Gasteiger partial charge >= 0.3 is 0 Å². The highest BCUT2D eigenvalue weighted by molar-refractivity contribution is 5.94. The van der Waals surface area contributed by atoms with Gasteiger partial charge in [0, 0.05) is 23.2 Å². The molecule has 0 bridgehead atoms. The number of fused-ring (bicyclic) bond motifs is 3. The summed E-state index contributed by atoms with van der Waals surface area (Å²) >= 11 is 0. The van der Waals surface area contributed by atoms with Gasteiger partial charge in [0.05, 0.1) is 5.52 Å². The second-order valence-electron chi connectivity index (χ2n) is 8.09. The lowest BCUT2D eigenvalue weighted by Crippen LogP contribution is -2.39. The Hall–Kier alpha value is -3.41. The first kappa shape index (κ1) is 20.8. The molecule has 0 spiro atoms. The molecule has 2 unspecified atom stereocenters. The zero-order chi connectivity index (χ0) is 22.0. The average Bonchev–Trinajstić information content (AvgIpc) is 3.08. The Bertz CT molecular complexity index is 1270. The van der Waals surface area contributed by atoms with Crippen LogP contribution in [0.15, 0.2) is 65.5 Å². The smallest absolute Gasteiger partial charge is 0.273 e. The maximum absolute atomic E-state index is 13.3. The molecule has 0 aliphatic heterocycles. The molecule has 1 amide bonds. The standard InChI is InChI=1S/C25H28N4O2/c1-4-21(25(31)26-17(2)14-15-19-10-6-5-7-11-19)29-22-13-9-8-12-20(22)24-27-23(30)16-18(3)28(24)29/h5-13,16-17,21H,4,14-15H2,1-3H3,(H,26,31). The molecule has 0 aliphatic carbocycles. The average molecular weight is 417 g/mol. The lowest BCUT2D eigenvalue weighted by molar-refractivity contribution is -0.125. The molecular weight excluding hydrogens is 388 g/mol. The van der Waals surface area contributed by atoms with Crippen molar-refractivity contribution in [1.29, 1.82) is 0 Å². The van der Waals surface area contributed by atoms with Crippen LogP contribution in [0.3, 0.4) is 0 Å². The van der Waals surface area contributed by atoms with Gasteiger partial charge < -0.3 is 5.32 Å². The summed E-state index contributed by atoms with van der Waals surface area (Å²) in [4.78, 5) is 29.6. The Morgan fingerprint density at radius 2 is 1.81 bits per heavy atom.